The van der Waals surface area contributed by atoms with Gasteiger partial charge in [0.1, 0.15) is 0 Å². The fourth-order valence-corrected chi connectivity index (χ4v) is 1.04. The van der Waals surface area contributed by atoms with Gasteiger partial charge >= 0.3 is 0 Å². The quantitative estimate of drug-likeness (QED) is 0.831. The first-order valence-electron chi connectivity index (χ1n) is 3.91. The highest BCUT2D eigenvalue weighted by molar-refractivity contribution is 5.85. The molecule has 0 spiro atoms. The van der Waals surface area contributed by atoms with Crippen LogP contribution in [0.2, 0.25) is 0 Å². The van der Waals surface area contributed by atoms with Crippen LogP contribution in [0.3, 0.4) is 0 Å². The molecule has 78 valence electrons. The van der Waals surface area contributed by atoms with Crippen LogP contribution < -0.4 is 5.73 Å². The summed E-state index contributed by atoms with van der Waals surface area (Å²) < 4.78 is 24.4. The maximum absolute atomic E-state index is 12.2. The predicted molar refractivity (Wildman–Crippen MR) is 56.7 cm³/mol. The number of benzene rings is 1. The van der Waals surface area contributed by atoms with Crippen molar-refractivity contribution < 1.29 is 8.78 Å². The van der Waals surface area contributed by atoms with Crippen molar-refractivity contribution in [1.82, 2.24) is 0 Å². The number of halogens is 3. The first-order chi connectivity index (χ1) is 6.15. The van der Waals surface area contributed by atoms with Gasteiger partial charge in [0.15, 0.2) is 0 Å². The number of hydrogen-bond donors (Lipinski definition) is 1. The van der Waals surface area contributed by atoms with E-state index in [-0.39, 0.29) is 12.4 Å². The standard InChI is InChI=1S/C10H11F2N.ClH/c1-2-7-4-3-5-8(6-7)9(13)10(11)12;/h2-6,9-10H,1,13H2;1H. The van der Waals surface area contributed by atoms with Crippen LogP contribution in [-0.4, -0.2) is 6.43 Å². The highest BCUT2D eigenvalue weighted by Crippen LogP contribution is 2.19. The summed E-state index contributed by atoms with van der Waals surface area (Å²) in [6.45, 7) is 3.55. The Morgan fingerprint density at radius 2 is 2.00 bits per heavy atom. The fourth-order valence-electron chi connectivity index (χ4n) is 1.04. The molecule has 0 saturated heterocycles. The molecule has 0 aromatic heterocycles. The van der Waals surface area contributed by atoms with E-state index in [0.717, 1.165) is 5.56 Å². The topological polar surface area (TPSA) is 26.0 Å². The summed E-state index contributed by atoms with van der Waals surface area (Å²) in [6, 6.07) is 5.47. The van der Waals surface area contributed by atoms with Crippen LogP contribution in [0.5, 0.6) is 0 Å². The van der Waals surface area contributed by atoms with E-state index in [0.29, 0.717) is 5.56 Å². The third-order valence-electron chi connectivity index (χ3n) is 1.80. The van der Waals surface area contributed by atoms with Crippen LogP contribution in [0.15, 0.2) is 30.8 Å². The second kappa shape index (κ2) is 5.73. The Kier molecular flexibility index (Phi) is 5.35. The van der Waals surface area contributed by atoms with E-state index in [9.17, 15) is 8.78 Å². The molecule has 1 aromatic carbocycles. The molecule has 1 unspecified atom stereocenters. The smallest absolute Gasteiger partial charge is 0.257 e. The molecule has 14 heavy (non-hydrogen) atoms. The van der Waals surface area contributed by atoms with Gasteiger partial charge in [-0.3, -0.25) is 0 Å². The number of nitrogens with two attached hydrogens (primary N) is 1. The van der Waals surface area contributed by atoms with Crippen molar-refractivity contribution in [2.24, 2.45) is 5.73 Å². The molecule has 0 aliphatic heterocycles. The fraction of sp³-hybridized carbons (Fsp3) is 0.200. The summed E-state index contributed by atoms with van der Waals surface area (Å²) in [5.74, 6) is 0. The third-order valence-corrected chi connectivity index (χ3v) is 1.80. The molecule has 0 radical (unpaired) electrons. The van der Waals surface area contributed by atoms with Crippen LogP contribution >= 0.6 is 12.4 Å². The zero-order valence-corrected chi connectivity index (χ0v) is 8.31. The van der Waals surface area contributed by atoms with E-state index < -0.39 is 12.5 Å². The second-order valence-corrected chi connectivity index (χ2v) is 2.73. The lowest BCUT2D eigenvalue weighted by Crippen LogP contribution is -2.18. The molecule has 4 heteroatoms. The minimum atomic E-state index is -2.53. The van der Waals surface area contributed by atoms with Gasteiger partial charge in [0, 0.05) is 0 Å². The minimum Gasteiger partial charge on any atom is -0.319 e. The molecule has 1 nitrogen and oxygen atoms in total. The molecular formula is C10H12ClF2N. The predicted octanol–water partition coefficient (Wildman–Crippen LogP) is 3.02. The maximum atomic E-state index is 12.2. The SMILES string of the molecule is C=Cc1cccc(C(N)C(F)F)c1.Cl. The van der Waals surface area contributed by atoms with Crippen LogP contribution in [0.25, 0.3) is 6.08 Å². The van der Waals surface area contributed by atoms with Gasteiger partial charge in [0.05, 0.1) is 6.04 Å². The van der Waals surface area contributed by atoms with Crippen molar-refractivity contribution >= 4 is 18.5 Å². The van der Waals surface area contributed by atoms with Gasteiger partial charge < -0.3 is 5.73 Å². The van der Waals surface area contributed by atoms with E-state index in [1.54, 1.807) is 30.3 Å². The molecule has 0 amide bonds. The van der Waals surface area contributed by atoms with Gasteiger partial charge in [-0.05, 0) is 17.2 Å². The summed E-state index contributed by atoms with van der Waals surface area (Å²) in [5, 5.41) is 0. The number of rotatable bonds is 3. The monoisotopic (exact) mass is 219 g/mol. The zero-order chi connectivity index (χ0) is 9.84. The van der Waals surface area contributed by atoms with E-state index in [2.05, 4.69) is 6.58 Å². The van der Waals surface area contributed by atoms with Crippen LogP contribution in [0.4, 0.5) is 8.78 Å². The van der Waals surface area contributed by atoms with Gasteiger partial charge in [-0.25, -0.2) is 8.78 Å². The molecular weight excluding hydrogens is 208 g/mol. The van der Waals surface area contributed by atoms with Crippen molar-refractivity contribution in [3.8, 4) is 0 Å². The van der Waals surface area contributed by atoms with E-state index in [4.69, 9.17) is 5.73 Å². The lowest BCUT2D eigenvalue weighted by Gasteiger charge is -2.10. The summed E-state index contributed by atoms with van der Waals surface area (Å²) in [7, 11) is 0. The van der Waals surface area contributed by atoms with Crippen molar-refractivity contribution in [3.05, 3.63) is 42.0 Å². The number of hydrogen-bond acceptors (Lipinski definition) is 1. The van der Waals surface area contributed by atoms with Crippen molar-refractivity contribution in [2.75, 3.05) is 0 Å². The Hall–Kier alpha value is -0.930. The molecule has 1 atom stereocenters. The summed E-state index contributed by atoms with van der Waals surface area (Å²) in [6.07, 6.45) is -0.929. The molecule has 0 aliphatic carbocycles. The summed E-state index contributed by atoms with van der Waals surface area (Å²) >= 11 is 0. The summed E-state index contributed by atoms with van der Waals surface area (Å²) in [4.78, 5) is 0. The Morgan fingerprint density at radius 1 is 1.36 bits per heavy atom. The van der Waals surface area contributed by atoms with Gasteiger partial charge in [-0.1, -0.05) is 30.9 Å². The van der Waals surface area contributed by atoms with Gasteiger partial charge in [0.25, 0.3) is 6.43 Å². The lowest BCUT2D eigenvalue weighted by atomic mass is 10.1. The average molecular weight is 220 g/mol. The van der Waals surface area contributed by atoms with E-state index in [1.807, 2.05) is 0 Å². The highest BCUT2D eigenvalue weighted by atomic mass is 35.5. The largest absolute Gasteiger partial charge is 0.319 e. The highest BCUT2D eigenvalue weighted by Gasteiger charge is 2.16. The molecule has 1 aromatic rings. The van der Waals surface area contributed by atoms with Crippen molar-refractivity contribution in [1.29, 1.82) is 0 Å². The van der Waals surface area contributed by atoms with Crippen LogP contribution in [-0.2, 0) is 0 Å². The first kappa shape index (κ1) is 13.1. The Bertz CT molecular complexity index is 302. The molecule has 0 bridgehead atoms. The summed E-state index contributed by atoms with van der Waals surface area (Å²) in [5.41, 5.74) is 6.51. The van der Waals surface area contributed by atoms with Gasteiger partial charge in [-0.15, -0.1) is 12.4 Å². The van der Waals surface area contributed by atoms with Gasteiger partial charge in [-0.2, -0.15) is 0 Å². The molecule has 0 saturated carbocycles. The van der Waals surface area contributed by atoms with Crippen molar-refractivity contribution in [2.45, 2.75) is 12.5 Å². The zero-order valence-electron chi connectivity index (χ0n) is 7.49. The van der Waals surface area contributed by atoms with E-state index in [1.165, 1.54) is 0 Å². The number of alkyl halides is 2. The van der Waals surface area contributed by atoms with Crippen LogP contribution in [0.1, 0.15) is 17.2 Å². The van der Waals surface area contributed by atoms with Crippen molar-refractivity contribution in [3.63, 3.8) is 0 Å². The van der Waals surface area contributed by atoms with Crippen LogP contribution in [0, 0.1) is 0 Å². The third kappa shape index (κ3) is 3.09. The Balaban J connectivity index is 0.00000169. The molecule has 0 heterocycles. The molecule has 0 fully saturated rings. The molecule has 1 rings (SSSR count). The lowest BCUT2D eigenvalue weighted by molar-refractivity contribution is 0.116. The van der Waals surface area contributed by atoms with Gasteiger partial charge in [0.2, 0.25) is 0 Å². The minimum absolute atomic E-state index is 0. The first-order valence-corrected chi connectivity index (χ1v) is 3.91. The second-order valence-electron chi connectivity index (χ2n) is 2.73. The average Bonchev–Trinajstić information content (AvgIpc) is 2.16. The Morgan fingerprint density at radius 3 is 2.50 bits per heavy atom. The molecule has 0 aliphatic rings. The maximum Gasteiger partial charge on any atom is 0.257 e. The molecule has 2 N–H and O–H groups in total. The Labute approximate surface area is 88.0 Å². The normalized spacial score (nSPS) is 12.0. The van der Waals surface area contributed by atoms with E-state index >= 15 is 0 Å².